The highest BCUT2D eigenvalue weighted by Crippen LogP contribution is 2.32. The monoisotopic (exact) mass is 310 g/mol. The van der Waals surface area contributed by atoms with Crippen molar-refractivity contribution < 1.29 is 9.90 Å². The van der Waals surface area contributed by atoms with Crippen LogP contribution in [0.3, 0.4) is 0 Å². The van der Waals surface area contributed by atoms with Gasteiger partial charge >= 0.3 is 0 Å². The van der Waals surface area contributed by atoms with Gasteiger partial charge in [0.25, 0.3) is 5.91 Å². The second-order valence-corrected chi connectivity index (χ2v) is 7.17. The van der Waals surface area contributed by atoms with Crippen LogP contribution in [0, 0.1) is 0 Å². The number of thiazole rings is 1. The number of carbonyl (C=O) groups is 1. The smallest absolute Gasteiger partial charge is 0.267 e. The average molecular weight is 310 g/mol. The Bertz CT molecular complexity index is 527. The molecule has 116 valence electrons. The SMILES string of the molecule is CC1(O)CCN(C(=O)c2sc(N3CCCC3)nc2N)CC1. The molecule has 0 bridgehead atoms. The standard InChI is InChI=1S/C14H22N4O2S/c1-14(20)4-8-17(9-5-14)12(19)10-11(15)16-13(21-10)18-6-2-3-7-18/h20H,2-9,15H2,1H3. The molecule has 0 spiro atoms. The van der Waals surface area contributed by atoms with E-state index in [0.29, 0.717) is 36.6 Å². The van der Waals surface area contributed by atoms with E-state index in [1.54, 1.807) is 4.90 Å². The Morgan fingerprint density at radius 1 is 1.29 bits per heavy atom. The summed E-state index contributed by atoms with van der Waals surface area (Å²) in [6.45, 7) is 4.95. The van der Waals surface area contributed by atoms with E-state index in [2.05, 4.69) is 9.88 Å². The van der Waals surface area contributed by atoms with Gasteiger partial charge in [-0.25, -0.2) is 4.98 Å². The largest absolute Gasteiger partial charge is 0.390 e. The molecule has 1 aromatic rings. The minimum atomic E-state index is -0.656. The van der Waals surface area contributed by atoms with Crippen LogP contribution in [0.5, 0.6) is 0 Å². The Hall–Kier alpha value is -1.34. The predicted molar refractivity (Wildman–Crippen MR) is 83.7 cm³/mol. The molecule has 0 saturated carbocycles. The van der Waals surface area contributed by atoms with Crippen molar-refractivity contribution in [1.82, 2.24) is 9.88 Å². The van der Waals surface area contributed by atoms with Crippen molar-refractivity contribution in [3.05, 3.63) is 4.88 Å². The first-order valence-electron chi connectivity index (χ1n) is 7.49. The van der Waals surface area contributed by atoms with Crippen LogP contribution in [-0.4, -0.2) is 52.7 Å². The summed E-state index contributed by atoms with van der Waals surface area (Å²) in [5.41, 5.74) is 5.29. The topological polar surface area (TPSA) is 82.7 Å². The van der Waals surface area contributed by atoms with Gasteiger partial charge < -0.3 is 20.6 Å². The number of rotatable bonds is 2. The number of hydrogen-bond donors (Lipinski definition) is 2. The molecular weight excluding hydrogens is 288 g/mol. The van der Waals surface area contributed by atoms with Gasteiger partial charge in [0, 0.05) is 26.2 Å². The number of aromatic nitrogens is 1. The lowest BCUT2D eigenvalue weighted by atomic mass is 9.94. The van der Waals surface area contributed by atoms with Gasteiger partial charge in [-0.2, -0.15) is 0 Å². The van der Waals surface area contributed by atoms with Crippen molar-refractivity contribution >= 4 is 28.2 Å². The Kier molecular flexibility index (Phi) is 3.79. The van der Waals surface area contributed by atoms with Crippen LogP contribution >= 0.6 is 11.3 Å². The number of nitrogen functional groups attached to an aromatic ring is 1. The van der Waals surface area contributed by atoms with E-state index in [0.717, 1.165) is 18.2 Å². The minimum Gasteiger partial charge on any atom is -0.390 e. The number of carbonyl (C=O) groups excluding carboxylic acids is 1. The highest BCUT2D eigenvalue weighted by atomic mass is 32.1. The number of hydrogen-bond acceptors (Lipinski definition) is 6. The molecule has 0 radical (unpaired) electrons. The first-order valence-corrected chi connectivity index (χ1v) is 8.31. The number of nitrogens with zero attached hydrogens (tertiary/aromatic N) is 3. The van der Waals surface area contributed by atoms with E-state index in [1.807, 2.05) is 6.92 Å². The maximum absolute atomic E-state index is 12.6. The second kappa shape index (κ2) is 5.46. The number of nitrogens with two attached hydrogens (primary N) is 1. The molecule has 2 fully saturated rings. The molecule has 2 saturated heterocycles. The molecule has 1 aromatic heterocycles. The Morgan fingerprint density at radius 3 is 2.52 bits per heavy atom. The molecule has 3 rings (SSSR count). The van der Waals surface area contributed by atoms with E-state index in [4.69, 9.17) is 5.73 Å². The summed E-state index contributed by atoms with van der Waals surface area (Å²) < 4.78 is 0. The molecule has 3 N–H and O–H groups in total. The van der Waals surface area contributed by atoms with E-state index < -0.39 is 5.60 Å². The summed E-state index contributed by atoms with van der Waals surface area (Å²) >= 11 is 1.39. The summed E-state index contributed by atoms with van der Waals surface area (Å²) in [6.07, 6.45) is 3.56. The van der Waals surface area contributed by atoms with Gasteiger partial charge in [-0.3, -0.25) is 4.79 Å². The summed E-state index contributed by atoms with van der Waals surface area (Å²) in [5, 5.41) is 10.8. The molecule has 2 aliphatic rings. The summed E-state index contributed by atoms with van der Waals surface area (Å²) in [6, 6.07) is 0. The first-order chi connectivity index (χ1) is 9.96. The third-order valence-electron chi connectivity index (χ3n) is 4.34. The fourth-order valence-corrected chi connectivity index (χ4v) is 3.86. The maximum Gasteiger partial charge on any atom is 0.267 e. The first kappa shape index (κ1) is 14.6. The van der Waals surface area contributed by atoms with Crippen LogP contribution in [0.15, 0.2) is 0 Å². The van der Waals surface area contributed by atoms with Crippen molar-refractivity contribution in [2.45, 2.75) is 38.2 Å². The van der Waals surface area contributed by atoms with Crippen molar-refractivity contribution in [1.29, 1.82) is 0 Å². The van der Waals surface area contributed by atoms with Gasteiger partial charge in [0.15, 0.2) is 5.13 Å². The van der Waals surface area contributed by atoms with Crippen molar-refractivity contribution in [2.24, 2.45) is 0 Å². The molecule has 7 heteroatoms. The van der Waals surface area contributed by atoms with Gasteiger partial charge in [0.1, 0.15) is 10.7 Å². The Labute approximate surface area is 128 Å². The number of likely N-dealkylation sites (tertiary alicyclic amines) is 1. The van der Waals surface area contributed by atoms with Gasteiger partial charge in [-0.1, -0.05) is 11.3 Å². The maximum atomic E-state index is 12.6. The number of amides is 1. The number of anilines is 2. The third-order valence-corrected chi connectivity index (χ3v) is 5.46. The zero-order chi connectivity index (χ0) is 15.0. The van der Waals surface area contributed by atoms with Crippen molar-refractivity contribution in [3.8, 4) is 0 Å². The van der Waals surface area contributed by atoms with Crippen LogP contribution in [0.4, 0.5) is 10.9 Å². The fourth-order valence-electron chi connectivity index (χ4n) is 2.85. The molecule has 0 aliphatic carbocycles. The zero-order valence-corrected chi connectivity index (χ0v) is 13.2. The Balaban J connectivity index is 1.73. The van der Waals surface area contributed by atoms with Gasteiger partial charge in [-0.05, 0) is 32.6 Å². The van der Waals surface area contributed by atoms with E-state index in [-0.39, 0.29) is 5.91 Å². The molecule has 0 atom stereocenters. The number of aliphatic hydroxyl groups is 1. The fraction of sp³-hybridized carbons (Fsp3) is 0.714. The van der Waals surface area contributed by atoms with E-state index in [9.17, 15) is 9.90 Å². The molecule has 6 nitrogen and oxygen atoms in total. The highest BCUT2D eigenvalue weighted by Gasteiger charge is 2.32. The van der Waals surface area contributed by atoms with Crippen molar-refractivity contribution in [2.75, 3.05) is 36.8 Å². The minimum absolute atomic E-state index is 0.0500. The van der Waals surface area contributed by atoms with Gasteiger partial charge in [-0.15, -0.1) is 0 Å². The average Bonchev–Trinajstić information content (AvgIpc) is 3.07. The highest BCUT2D eigenvalue weighted by molar-refractivity contribution is 7.18. The lowest BCUT2D eigenvalue weighted by molar-refractivity contribution is -0.00185. The van der Waals surface area contributed by atoms with E-state index in [1.165, 1.54) is 24.2 Å². The molecule has 0 aromatic carbocycles. The molecule has 0 unspecified atom stereocenters. The number of piperidine rings is 1. The summed E-state index contributed by atoms with van der Waals surface area (Å²) in [5.74, 6) is 0.287. The second-order valence-electron chi connectivity index (χ2n) is 6.19. The quantitative estimate of drug-likeness (QED) is 0.860. The summed E-state index contributed by atoms with van der Waals surface area (Å²) in [7, 11) is 0. The predicted octanol–water partition coefficient (Wildman–Crippen LogP) is 1.31. The molecule has 2 aliphatic heterocycles. The third kappa shape index (κ3) is 2.98. The van der Waals surface area contributed by atoms with Crippen LogP contribution in [-0.2, 0) is 0 Å². The molecular formula is C14H22N4O2S. The van der Waals surface area contributed by atoms with Crippen LogP contribution < -0.4 is 10.6 Å². The molecule has 3 heterocycles. The van der Waals surface area contributed by atoms with Gasteiger partial charge in [0.2, 0.25) is 0 Å². The Morgan fingerprint density at radius 2 is 1.90 bits per heavy atom. The normalized spacial score (nSPS) is 21.8. The molecule has 1 amide bonds. The molecule has 21 heavy (non-hydrogen) atoms. The van der Waals surface area contributed by atoms with Crippen molar-refractivity contribution in [3.63, 3.8) is 0 Å². The zero-order valence-electron chi connectivity index (χ0n) is 12.3. The lowest BCUT2D eigenvalue weighted by Gasteiger charge is -2.35. The lowest BCUT2D eigenvalue weighted by Crippen LogP contribution is -2.45. The van der Waals surface area contributed by atoms with E-state index >= 15 is 0 Å². The van der Waals surface area contributed by atoms with Crippen LogP contribution in [0.2, 0.25) is 0 Å². The van der Waals surface area contributed by atoms with Gasteiger partial charge in [0.05, 0.1) is 5.60 Å². The van der Waals surface area contributed by atoms with Crippen LogP contribution in [0.1, 0.15) is 42.3 Å². The van der Waals surface area contributed by atoms with Crippen LogP contribution in [0.25, 0.3) is 0 Å². The summed E-state index contributed by atoms with van der Waals surface area (Å²) in [4.78, 5) is 21.4.